The Morgan fingerprint density at radius 1 is 1.00 bits per heavy atom. The zero-order valence-electron chi connectivity index (χ0n) is 13.5. The molecule has 1 aromatic carbocycles. The van der Waals surface area contributed by atoms with Gasteiger partial charge in [0.2, 0.25) is 11.3 Å². The first-order chi connectivity index (χ1) is 12.5. The number of thiophene rings is 1. The van der Waals surface area contributed by atoms with Crippen LogP contribution in [-0.4, -0.2) is 17.7 Å². The van der Waals surface area contributed by atoms with Crippen LogP contribution in [0.4, 0.5) is 5.00 Å². The first-order valence-electron chi connectivity index (χ1n) is 7.43. The van der Waals surface area contributed by atoms with Gasteiger partial charge >= 0.3 is 0 Å². The molecule has 0 saturated carbocycles. The first kappa shape index (κ1) is 17.4. The summed E-state index contributed by atoms with van der Waals surface area (Å²) in [6.45, 7) is 1.25. The van der Waals surface area contributed by atoms with E-state index in [-0.39, 0.29) is 21.5 Å². The number of hydrazine groups is 1. The van der Waals surface area contributed by atoms with Crippen LogP contribution in [0.5, 0.6) is 0 Å². The predicted octanol–water partition coefficient (Wildman–Crippen LogP) is 1.89. The molecule has 3 amide bonds. The van der Waals surface area contributed by atoms with Crippen molar-refractivity contribution in [2.45, 2.75) is 6.92 Å². The fourth-order valence-electron chi connectivity index (χ4n) is 2.20. The van der Waals surface area contributed by atoms with Crippen molar-refractivity contribution in [1.29, 1.82) is 0 Å². The molecule has 0 aliphatic rings. The van der Waals surface area contributed by atoms with Crippen molar-refractivity contribution in [2.75, 3.05) is 5.32 Å². The summed E-state index contributed by atoms with van der Waals surface area (Å²) in [6, 6.07) is 8.07. The average molecular weight is 371 g/mol. The molecule has 132 valence electrons. The molecule has 0 aliphatic heterocycles. The van der Waals surface area contributed by atoms with Gasteiger partial charge in [0.1, 0.15) is 22.4 Å². The minimum absolute atomic E-state index is 0.155. The number of anilines is 1. The molecule has 0 spiro atoms. The molecule has 26 heavy (non-hydrogen) atoms. The highest BCUT2D eigenvalue weighted by Crippen LogP contribution is 2.23. The van der Waals surface area contributed by atoms with Gasteiger partial charge in [-0.05, 0) is 23.6 Å². The highest BCUT2D eigenvalue weighted by molar-refractivity contribution is 7.14. The number of carbonyl (C=O) groups excluding carboxylic acids is 3. The molecule has 3 aromatic rings. The molecule has 2 aromatic heterocycles. The van der Waals surface area contributed by atoms with Crippen molar-refractivity contribution in [1.82, 2.24) is 10.9 Å². The van der Waals surface area contributed by atoms with Crippen LogP contribution in [0.25, 0.3) is 11.0 Å². The van der Waals surface area contributed by atoms with E-state index in [0.717, 1.165) is 17.6 Å². The van der Waals surface area contributed by atoms with Crippen molar-refractivity contribution in [3.8, 4) is 0 Å². The number of nitrogens with one attached hydrogen (secondary N) is 3. The molecular formula is C17H13N3O5S. The predicted molar refractivity (Wildman–Crippen MR) is 96.0 cm³/mol. The van der Waals surface area contributed by atoms with Crippen molar-refractivity contribution in [3.05, 3.63) is 63.3 Å². The van der Waals surface area contributed by atoms with E-state index in [9.17, 15) is 19.2 Å². The summed E-state index contributed by atoms with van der Waals surface area (Å²) >= 11 is 1.11. The summed E-state index contributed by atoms with van der Waals surface area (Å²) < 4.78 is 5.32. The van der Waals surface area contributed by atoms with Crippen LogP contribution in [0, 0.1) is 0 Å². The number of rotatable bonds is 3. The maximum Gasteiger partial charge on any atom is 0.272 e. The molecule has 0 unspecified atom stereocenters. The zero-order chi connectivity index (χ0) is 18.7. The molecule has 0 bridgehead atoms. The lowest BCUT2D eigenvalue weighted by Crippen LogP contribution is -2.40. The van der Waals surface area contributed by atoms with Gasteiger partial charge in [0.15, 0.2) is 0 Å². The third-order valence-corrected chi connectivity index (χ3v) is 4.24. The smallest absolute Gasteiger partial charge is 0.272 e. The highest BCUT2D eigenvalue weighted by Gasteiger charge is 2.19. The van der Waals surface area contributed by atoms with Gasteiger partial charge in [0, 0.05) is 6.92 Å². The first-order valence-corrected chi connectivity index (χ1v) is 8.31. The van der Waals surface area contributed by atoms with E-state index in [1.165, 1.54) is 13.0 Å². The van der Waals surface area contributed by atoms with Crippen LogP contribution in [0.15, 0.2) is 51.2 Å². The van der Waals surface area contributed by atoms with Crippen molar-refractivity contribution < 1.29 is 18.8 Å². The normalized spacial score (nSPS) is 10.3. The van der Waals surface area contributed by atoms with Crippen LogP contribution in [0.1, 0.15) is 27.6 Å². The molecule has 0 radical (unpaired) electrons. The zero-order valence-corrected chi connectivity index (χ0v) is 14.3. The second-order valence-corrected chi connectivity index (χ2v) is 6.14. The third kappa shape index (κ3) is 3.47. The van der Waals surface area contributed by atoms with Gasteiger partial charge in [0.05, 0.1) is 10.9 Å². The molecule has 2 heterocycles. The van der Waals surface area contributed by atoms with Gasteiger partial charge in [-0.15, -0.1) is 11.3 Å². The van der Waals surface area contributed by atoms with Gasteiger partial charge < -0.3 is 9.73 Å². The Hall–Kier alpha value is -3.46. The van der Waals surface area contributed by atoms with E-state index in [1.54, 1.807) is 29.6 Å². The number of fused-ring (bicyclic) bond motifs is 1. The number of hydrogen-bond acceptors (Lipinski definition) is 6. The Kier molecular flexibility index (Phi) is 4.81. The molecular weight excluding hydrogens is 358 g/mol. The van der Waals surface area contributed by atoms with Crippen molar-refractivity contribution >= 4 is 45.0 Å². The van der Waals surface area contributed by atoms with Gasteiger partial charge in [0.25, 0.3) is 11.8 Å². The SMILES string of the molecule is CC(=O)NNC(=O)c1ccsc1NC(=O)c1coc2ccccc2c1=O. The largest absolute Gasteiger partial charge is 0.463 e. The second kappa shape index (κ2) is 7.19. The van der Waals surface area contributed by atoms with E-state index in [4.69, 9.17) is 4.42 Å². The Bertz CT molecular complexity index is 1070. The van der Waals surface area contributed by atoms with E-state index in [2.05, 4.69) is 16.2 Å². The molecule has 9 heteroatoms. The lowest BCUT2D eigenvalue weighted by molar-refractivity contribution is -0.119. The standard InChI is InChI=1S/C17H13N3O5S/c1-9(21)19-20-16(24)11-6-7-26-17(11)18-15(23)12-8-25-13-5-3-2-4-10(13)14(12)22/h2-8H,1H3,(H,18,23)(H,19,21)(H,20,24). The lowest BCUT2D eigenvalue weighted by Gasteiger charge is -2.07. The van der Waals surface area contributed by atoms with E-state index < -0.39 is 23.2 Å². The fraction of sp³-hybridized carbons (Fsp3) is 0.0588. The second-order valence-electron chi connectivity index (χ2n) is 5.23. The lowest BCUT2D eigenvalue weighted by atomic mass is 10.1. The van der Waals surface area contributed by atoms with Crippen LogP contribution >= 0.6 is 11.3 Å². The van der Waals surface area contributed by atoms with E-state index >= 15 is 0 Å². The van der Waals surface area contributed by atoms with E-state index in [1.807, 2.05) is 0 Å². The molecule has 0 aliphatic carbocycles. The number of hydrogen-bond donors (Lipinski definition) is 3. The summed E-state index contributed by atoms with van der Waals surface area (Å²) in [4.78, 5) is 47.8. The van der Waals surface area contributed by atoms with Crippen molar-refractivity contribution in [3.63, 3.8) is 0 Å². The summed E-state index contributed by atoms with van der Waals surface area (Å²) in [7, 11) is 0. The summed E-state index contributed by atoms with van der Waals surface area (Å²) in [5.41, 5.74) is 4.26. The van der Waals surface area contributed by atoms with E-state index in [0.29, 0.717) is 5.58 Å². The number of para-hydroxylation sites is 1. The monoisotopic (exact) mass is 371 g/mol. The quantitative estimate of drug-likeness (QED) is 0.608. The van der Waals surface area contributed by atoms with Crippen LogP contribution in [0.2, 0.25) is 0 Å². The minimum atomic E-state index is -0.694. The summed E-state index contributed by atoms with van der Waals surface area (Å²) in [5.74, 6) is -1.73. The Labute approximate surface area is 150 Å². The van der Waals surface area contributed by atoms with Gasteiger partial charge in [-0.2, -0.15) is 0 Å². The highest BCUT2D eigenvalue weighted by atomic mass is 32.1. The van der Waals surface area contributed by atoms with Gasteiger partial charge in [-0.3, -0.25) is 30.0 Å². The third-order valence-electron chi connectivity index (χ3n) is 3.41. The number of benzene rings is 1. The van der Waals surface area contributed by atoms with Crippen molar-refractivity contribution in [2.24, 2.45) is 0 Å². The Morgan fingerprint density at radius 3 is 2.54 bits per heavy atom. The molecule has 0 atom stereocenters. The summed E-state index contributed by atoms with van der Waals surface area (Å²) in [5, 5.41) is 4.65. The molecule has 3 rings (SSSR count). The van der Waals surface area contributed by atoms with Gasteiger partial charge in [-0.25, -0.2) is 0 Å². The molecule has 0 fully saturated rings. The Morgan fingerprint density at radius 2 is 1.77 bits per heavy atom. The number of carbonyl (C=O) groups is 3. The Balaban J connectivity index is 1.85. The van der Waals surface area contributed by atoms with Gasteiger partial charge in [-0.1, -0.05) is 12.1 Å². The fourth-order valence-corrected chi connectivity index (χ4v) is 2.98. The molecule has 0 saturated heterocycles. The summed E-state index contributed by atoms with van der Waals surface area (Å²) in [6.07, 6.45) is 1.09. The maximum atomic E-state index is 12.5. The maximum absolute atomic E-state index is 12.5. The minimum Gasteiger partial charge on any atom is -0.463 e. The van der Waals surface area contributed by atoms with Crippen LogP contribution in [-0.2, 0) is 4.79 Å². The van der Waals surface area contributed by atoms with Crippen LogP contribution < -0.4 is 21.6 Å². The van der Waals surface area contributed by atoms with Crippen LogP contribution in [0.3, 0.4) is 0 Å². The molecule has 3 N–H and O–H groups in total. The topological polar surface area (TPSA) is 118 Å². The average Bonchev–Trinajstić information content (AvgIpc) is 3.08. The molecule has 8 nitrogen and oxygen atoms in total. The number of amides is 3.